The smallest absolute Gasteiger partial charge is 0.261 e. The van der Waals surface area contributed by atoms with Gasteiger partial charge in [0.2, 0.25) is 0 Å². The van der Waals surface area contributed by atoms with Gasteiger partial charge in [-0.15, -0.1) is 0 Å². The molecule has 0 fully saturated rings. The monoisotopic (exact) mass is 395 g/mol. The summed E-state index contributed by atoms with van der Waals surface area (Å²) in [7, 11) is 0. The molecule has 2 aromatic carbocycles. The normalized spacial score (nSPS) is 15.1. The maximum absolute atomic E-state index is 12.4. The van der Waals surface area contributed by atoms with Crippen LogP contribution in [0.3, 0.4) is 0 Å². The SMILES string of the molecule is CC(Oc1ccc(Cl)c(Cl)c1)C(=O)NC(C)c1ccc2c(c1)OCCO2. The number of halogens is 2. The molecule has 0 bridgehead atoms. The predicted octanol–water partition coefficient (Wildman–Crippen LogP) is 4.41. The summed E-state index contributed by atoms with van der Waals surface area (Å²) >= 11 is 11.8. The first-order chi connectivity index (χ1) is 12.4. The van der Waals surface area contributed by atoms with Crippen LogP contribution in [0.25, 0.3) is 0 Å². The van der Waals surface area contributed by atoms with E-state index in [0.29, 0.717) is 34.8 Å². The van der Waals surface area contributed by atoms with Crippen molar-refractivity contribution < 1.29 is 19.0 Å². The topological polar surface area (TPSA) is 56.8 Å². The van der Waals surface area contributed by atoms with Gasteiger partial charge in [0.25, 0.3) is 5.91 Å². The summed E-state index contributed by atoms with van der Waals surface area (Å²) in [4.78, 5) is 12.4. The Labute approximate surface area is 162 Å². The Morgan fingerprint density at radius 2 is 1.77 bits per heavy atom. The van der Waals surface area contributed by atoms with Crippen molar-refractivity contribution in [1.82, 2.24) is 5.32 Å². The van der Waals surface area contributed by atoms with Gasteiger partial charge >= 0.3 is 0 Å². The second-order valence-electron chi connectivity index (χ2n) is 5.97. The van der Waals surface area contributed by atoms with E-state index in [4.69, 9.17) is 37.4 Å². The number of carbonyl (C=O) groups excluding carboxylic acids is 1. The van der Waals surface area contributed by atoms with Crippen LogP contribution < -0.4 is 19.5 Å². The third-order valence-electron chi connectivity index (χ3n) is 4.00. The second kappa shape index (κ2) is 8.06. The number of hydrogen-bond donors (Lipinski definition) is 1. The third kappa shape index (κ3) is 4.34. The number of nitrogens with one attached hydrogen (secondary N) is 1. The Balaban J connectivity index is 1.62. The van der Waals surface area contributed by atoms with Crippen LogP contribution in [0.2, 0.25) is 10.0 Å². The van der Waals surface area contributed by atoms with Gasteiger partial charge in [0, 0.05) is 6.07 Å². The van der Waals surface area contributed by atoms with Crippen LogP contribution in [-0.4, -0.2) is 25.2 Å². The summed E-state index contributed by atoms with van der Waals surface area (Å²) < 4.78 is 16.7. The van der Waals surface area contributed by atoms with E-state index in [1.807, 2.05) is 25.1 Å². The zero-order valence-corrected chi connectivity index (χ0v) is 15.9. The van der Waals surface area contributed by atoms with Gasteiger partial charge in [0.15, 0.2) is 17.6 Å². The molecule has 3 rings (SSSR count). The van der Waals surface area contributed by atoms with Crippen molar-refractivity contribution in [2.75, 3.05) is 13.2 Å². The molecule has 0 aromatic heterocycles. The largest absolute Gasteiger partial charge is 0.486 e. The summed E-state index contributed by atoms with van der Waals surface area (Å²) in [6.45, 7) is 4.64. The molecule has 1 amide bonds. The molecule has 0 saturated heterocycles. The van der Waals surface area contributed by atoms with Gasteiger partial charge in [0.05, 0.1) is 16.1 Å². The molecule has 1 N–H and O–H groups in total. The van der Waals surface area contributed by atoms with Crippen LogP contribution in [0.5, 0.6) is 17.2 Å². The first-order valence-electron chi connectivity index (χ1n) is 8.25. The van der Waals surface area contributed by atoms with Crippen molar-refractivity contribution in [3.63, 3.8) is 0 Å². The van der Waals surface area contributed by atoms with E-state index in [1.165, 1.54) is 0 Å². The Bertz CT molecular complexity index is 812. The molecule has 1 heterocycles. The average Bonchev–Trinajstić information content (AvgIpc) is 2.64. The van der Waals surface area contributed by atoms with Crippen LogP contribution in [0.1, 0.15) is 25.5 Å². The molecule has 2 atom stereocenters. The Morgan fingerprint density at radius 1 is 1.04 bits per heavy atom. The van der Waals surface area contributed by atoms with Gasteiger partial charge in [-0.3, -0.25) is 4.79 Å². The second-order valence-corrected chi connectivity index (χ2v) is 6.78. The fourth-order valence-electron chi connectivity index (χ4n) is 2.55. The highest BCUT2D eigenvalue weighted by molar-refractivity contribution is 6.42. The third-order valence-corrected chi connectivity index (χ3v) is 4.74. The standard InChI is InChI=1S/C19H19Cl2NO4/c1-11(13-3-6-17-18(9-13)25-8-7-24-17)22-19(23)12(2)26-14-4-5-15(20)16(21)10-14/h3-6,9-12H,7-8H2,1-2H3,(H,22,23). The van der Waals surface area contributed by atoms with Crippen molar-refractivity contribution >= 4 is 29.1 Å². The Morgan fingerprint density at radius 3 is 2.50 bits per heavy atom. The number of ether oxygens (including phenoxy) is 3. The number of benzene rings is 2. The van der Waals surface area contributed by atoms with E-state index >= 15 is 0 Å². The lowest BCUT2D eigenvalue weighted by atomic mass is 10.1. The highest BCUT2D eigenvalue weighted by Gasteiger charge is 2.20. The first kappa shape index (κ1) is 18.7. The molecular formula is C19H19Cl2NO4. The van der Waals surface area contributed by atoms with Crippen LogP contribution in [0.15, 0.2) is 36.4 Å². The van der Waals surface area contributed by atoms with Crippen molar-refractivity contribution in [2.24, 2.45) is 0 Å². The summed E-state index contributed by atoms with van der Waals surface area (Å²) in [6, 6.07) is 10.3. The van der Waals surface area contributed by atoms with E-state index in [0.717, 1.165) is 11.3 Å². The predicted molar refractivity (Wildman–Crippen MR) is 101 cm³/mol. The lowest BCUT2D eigenvalue weighted by Gasteiger charge is -2.22. The van der Waals surface area contributed by atoms with Crippen LogP contribution in [-0.2, 0) is 4.79 Å². The van der Waals surface area contributed by atoms with E-state index in [1.54, 1.807) is 25.1 Å². The fourth-order valence-corrected chi connectivity index (χ4v) is 2.84. The molecule has 7 heteroatoms. The highest BCUT2D eigenvalue weighted by Crippen LogP contribution is 2.32. The number of fused-ring (bicyclic) bond motifs is 1. The summed E-state index contributed by atoms with van der Waals surface area (Å²) in [5.74, 6) is 1.65. The number of amides is 1. The van der Waals surface area contributed by atoms with Gasteiger partial charge in [-0.2, -0.15) is 0 Å². The zero-order chi connectivity index (χ0) is 18.7. The lowest BCUT2D eigenvalue weighted by molar-refractivity contribution is -0.127. The maximum Gasteiger partial charge on any atom is 0.261 e. The van der Waals surface area contributed by atoms with E-state index < -0.39 is 6.10 Å². The molecule has 5 nitrogen and oxygen atoms in total. The molecular weight excluding hydrogens is 377 g/mol. The summed E-state index contributed by atoms with van der Waals surface area (Å²) in [6.07, 6.45) is -0.688. The fraction of sp³-hybridized carbons (Fsp3) is 0.316. The van der Waals surface area contributed by atoms with Gasteiger partial charge in [-0.25, -0.2) is 0 Å². The van der Waals surface area contributed by atoms with Gasteiger partial charge in [-0.05, 0) is 43.7 Å². The molecule has 26 heavy (non-hydrogen) atoms. The van der Waals surface area contributed by atoms with Crippen molar-refractivity contribution in [3.8, 4) is 17.2 Å². The lowest BCUT2D eigenvalue weighted by Crippen LogP contribution is -2.37. The number of carbonyl (C=O) groups is 1. The van der Waals surface area contributed by atoms with E-state index in [2.05, 4.69) is 5.32 Å². The van der Waals surface area contributed by atoms with Crippen LogP contribution >= 0.6 is 23.2 Å². The quantitative estimate of drug-likeness (QED) is 0.814. The molecule has 2 unspecified atom stereocenters. The Hall–Kier alpha value is -2.11. The molecule has 2 aromatic rings. The van der Waals surface area contributed by atoms with Gasteiger partial charge in [0.1, 0.15) is 19.0 Å². The van der Waals surface area contributed by atoms with Gasteiger partial charge in [-0.1, -0.05) is 29.3 Å². The molecule has 0 spiro atoms. The molecule has 1 aliphatic rings. The minimum atomic E-state index is -0.688. The van der Waals surface area contributed by atoms with Crippen LogP contribution in [0, 0.1) is 0 Å². The van der Waals surface area contributed by atoms with Crippen molar-refractivity contribution in [1.29, 1.82) is 0 Å². The van der Waals surface area contributed by atoms with Gasteiger partial charge < -0.3 is 19.5 Å². The number of rotatable bonds is 5. The van der Waals surface area contributed by atoms with Crippen molar-refractivity contribution in [3.05, 3.63) is 52.0 Å². The first-order valence-corrected chi connectivity index (χ1v) is 9.01. The minimum absolute atomic E-state index is 0.210. The summed E-state index contributed by atoms with van der Waals surface area (Å²) in [5.41, 5.74) is 0.921. The zero-order valence-electron chi connectivity index (χ0n) is 14.4. The highest BCUT2D eigenvalue weighted by atomic mass is 35.5. The minimum Gasteiger partial charge on any atom is -0.486 e. The molecule has 0 aliphatic carbocycles. The molecule has 1 aliphatic heterocycles. The maximum atomic E-state index is 12.4. The van der Waals surface area contributed by atoms with E-state index in [-0.39, 0.29) is 11.9 Å². The average molecular weight is 396 g/mol. The van der Waals surface area contributed by atoms with Crippen molar-refractivity contribution in [2.45, 2.75) is 26.0 Å². The summed E-state index contributed by atoms with van der Waals surface area (Å²) in [5, 5.41) is 3.74. The molecule has 0 radical (unpaired) electrons. The van der Waals surface area contributed by atoms with Crippen LogP contribution in [0.4, 0.5) is 0 Å². The number of hydrogen-bond acceptors (Lipinski definition) is 4. The van der Waals surface area contributed by atoms with E-state index in [9.17, 15) is 4.79 Å². The molecule has 138 valence electrons. The Kier molecular flexibility index (Phi) is 5.79. The molecule has 0 saturated carbocycles.